The van der Waals surface area contributed by atoms with E-state index in [4.69, 9.17) is 0 Å². The summed E-state index contributed by atoms with van der Waals surface area (Å²) in [6.45, 7) is 0. The minimum Gasteiger partial charge on any atom is -0.226 e. The molecule has 1 aromatic heterocycles. The minimum atomic E-state index is 0.241. The zero-order valence-corrected chi connectivity index (χ0v) is 19.0. The van der Waals surface area contributed by atoms with E-state index in [1.54, 1.807) is 5.51 Å². The third-order valence-electron chi connectivity index (χ3n) is 5.23. The highest BCUT2D eigenvalue weighted by Crippen LogP contribution is 2.50. The monoisotopic (exact) mass is 451 g/mol. The average Bonchev–Trinajstić information content (AvgIpc) is 3.38. The molecule has 3 aromatic carbocycles. The van der Waals surface area contributed by atoms with Gasteiger partial charge < -0.3 is 0 Å². The molecule has 0 amide bonds. The van der Waals surface area contributed by atoms with Gasteiger partial charge in [-0.25, -0.2) is 4.99 Å². The zero-order valence-electron chi connectivity index (χ0n) is 17.3. The van der Waals surface area contributed by atoms with Gasteiger partial charge in [0.2, 0.25) is 5.13 Å². The molecule has 1 atom stereocenters. The van der Waals surface area contributed by atoms with E-state index in [0.29, 0.717) is 5.13 Å². The molecule has 5 heteroatoms. The molecule has 0 fully saturated rings. The van der Waals surface area contributed by atoms with Gasteiger partial charge in [0.25, 0.3) is 0 Å². The van der Waals surface area contributed by atoms with Crippen LogP contribution >= 0.6 is 23.1 Å². The van der Waals surface area contributed by atoms with Gasteiger partial charge in [0.1, 0.15) is 5.51 Å². The number of rotatable bonds is 6. The standard InChI is InChI=1S/C27H21N3S2/c1-4-10-20(11-5-1)16-23-17-24(18-28-27-30-29-19-31-27)26(22-14-8-3-9-15-22)32-25(23)21-12-6-2-7-13-21/h1-15,17-19,25H,16H2. The van der Waals surface area contributed by atoms with Gasteiger partial charge in [0.15, 0.2) is 0 Å². The number of hydrogen-bond acceptors (Lipinski definition) is 5. The van der Waals surface area contributed by atoms with E-state index < -0.39 is 0 Å². The number of allylic oxidation sites excluding steroid dienone is 2. The van der Waals surface area contributed by atoms with Gasteiger partial charge in [-0.05, 0) is 28.7 Å². The second-order valence-corrected chi connectivity index (χ2v) is 9.35. The number of aliphatic imine (C=N–C) groups is 1. The van der Waals surface area contributed by atoms with Crippen LogP contribution in [0.25, 0.3) is 4.91 Å². The van der Waals surface area contributed by atoms with Crippen molar-refractivity contribution in [3.05, 3.63) is 130 Å². The van der Waals surface area contributed by atoms with Gasteiger partial charge >= 0.3 is 0 Å². The first-order chi connectivity index (χ1) is 15.9. The van der Waals surface area contributed by atoms with Crippen molar-refractivity contribution in [2.75, 3.05) is 0 Å². The highest BCUT2D eigenvalue weighted by atomic mass is 32.2. The summed E-state index contributed by atoms with van der Waals surface area (Å²) in [5, 5.41) is 8.88. The van der Waals surface area contributed by atoms with E-state index in [1.165, 1.54) is 38.5 Å². The van der Waals surface area contributed by atoms with Crippen LogP contribution in [0.1, 0.15) is 21.9 Å². The van der Waals surface area contributed by atoms with Crippen molar-refractivity contribution >= 4 is 39.3 Å². The van der Waals surface area contributed by atoms with Crippen molar-refractivity contribution in [3.63, 3.8) is 0 Å². The van der Waals surface area contributed by atoms with Crippen LogP contribution in [-0.4, -0.2) is 16.4 Å². The summed E-state index contributed by atoms with van der Waals surface area (Å²) in [5.41, 5.74) is 8.00. The maximum absolute atomic E-state index is 4.61. The molecule has 1 unspecified atom stereocenters. The molecular formula is C27H21N3S2. The van der Waals surface area contributed by atoms with Crippen molar-refractivity contribution < 1.29 is 0 Å². The summed E-state index contributed by atoms with van der Waals surface area (Å²) in [4.78, 5) is 5.84. The van der Waals surface area contributed by atoms with Crippen molar-refractivity contribution in [1.82, 2.24) is 10.2 Å². The lowest BCUT2D eigenvalue weighted by Crippen LogP contribution is -2.08. The summed E-state index contributed by atoms with van der Waals surface area (Å²) in [7, 11) is 0. The van der Waals surface area contributed by atoms with Gasteiger partial charge in [-0.1, -0.05) is 108 Å². The fourth-order valence-electron chi connectivity index (χ4n) is 3.76. The molecule has 32 heavy (non-hydrogen) atoms. The normalized spacial score (nSPS) is 16.4. The van der Waals surface area contributed by atoms with Gasteiger partial charge in [-0.2, -0.15) is 0 Å². The fraction of sp³-hybridized carbons (Fsp3) is 0.0741. The summed E-state index contributed by atoms with van der Waals surface area (Å²) in [6.07, 6.45) is 5.14. The van der Waals surface area contributed by atoms with E-state index in [9.17, 15) is 0 Å². The Kier molecular flexibility index (Phi) is 6.37. The van der Waals surface area contributed by atoms with Crippen LogP contribution in [-0.2, 0) is 6.42 Å². The van der Waals surface area contributed by atoms with E-state index in [1.807, 2.05) is 18.0 Å². The molecule has 0 spiro atoms. The molecule has 1 aliphatic heterocycles. The molecule has 0 saturated heterocycles. The Morgan fingerprint density at radius 1 is 0.844 bits per heavy atom. The molecule has 2 heterocycles. The first-order valence-corrected chi connectivity index (χ1v) is 12.2. The van der Waals surface area contributed by atoms with Crippen LogP contribution in [0.5, 0.6) is 0 Å². The topological polar surface area (TPSA) is 38.1 Å². The lowest BCUT2D eigenvalue weighted by molar-refractivity contribution is 1.01. The Morgan fingerprint density at radius 3 is 2.22 bits per heavy atom. The molecule has 4 aromatic rings. The van der Waals surface area contributed by atoms with Gasteiger partial charge in [0.05, 0.1) is 5.25 Å². The predicted octanol–water partition coefficient (Wildman–Crippen LogP) is 7.31. The number of hydrogen-bond donors (Lipinski definition) is 0. The second kappa shape index (κ2) is 9.90. The van der Waals surface area contributed by atoms with Crippen LogP contribution in [0.3, 0.4) is 0 Å². The van der Waals surface area contributed by atoms with Gasteiger partial charge in [-0.3, -0.25) is 0 Å². The summed E-state index contributed by atoms with van der Waals surface area (Å²) in [5.74, 6) is 0. The molecule has 5 rings (SSSR count). The molecule has 0 bridgehead atoms. The molecule has 156 valence electrons. The third kappa shape index (κ3) is 4.79. The summed E-state index contributed by atoms with van der Waals surface area (Å²) < 4.78 is 0. The Morgan fingerprint density at radius 2 is 1.53 bits per heavy atom. The molecule has 0 aliphatic carbocycles. The minimum absolute atomic E-state index is 0.241. The molecule has 3 nitrogen and oxygen atoms in total. The third-order valence-corrected chi connectivity index (χ3v) is 7.34. The first-order valence-electron chi connectivity index (χ1n) is 10.4. The fourth-order valence-corrected chi connectivity index (χ4v) is 5.50. The van der Waals surface area contributed by atoms with Crippen molar-refractivity contribution in [2.45, 2.75) is 11.7 Å². The first kappa shape index (κ1) is 20.6. The van der Waals surface area contributed by atoms with Gasteiger partial charge in [0, 0.05) is 16.7 Å². The van der Waals surface area contributed by atoms with Crippen molar-refractivity contribution in [1.29, 1.82) is 0 Å². The lowest BCUT2D eigenvalue weighted by atomic mass is 9.94. The maximum atomic E-state index is 4.61. The zero-order chi connectivity index (χ0) is 21.6. The molecule has 0 radical (unpaired) electrons. The number of aromatic nitrogens is 2. The Labute approximate surface area is 196 Å². The largest absolute Gasteiger partial charge is 0.231 e. The quantitative estimate of drug-likeness (QED) is 0.289. The average molecular weight is 452 g/mol. The van der Waals surface area contributed by atoms with Crippen molar-refractivity contribution in [2.24, 2.45) is 4.99 Å². The molecule has 0 N–H and O–H groups in total. The van der Waals surface area contributed by atoms with E-state index in [2.05, 4.69) is 112 Å². The van der Waals surface area contributed by atoms with E-state index in [-0.39, 0.29) is 5.25 Å². The molecule has 0 saturated carbocycles. The molecule has 1 aliphatic rings. The summed E-state index contributed by atoms with van der Waals surface area (Å²) >= 11 is 3.34. The Bertz CT molecular complexity index is 1250. The summed E-state index contributed by atoms with van der Waals surface area (Å²) in [6, 6.07) is 32.0. The van der Waals surface area contributed by atoms with Gasteiger partial charge in [-0.15, -0.1) is 22.0 Å². The SMILES string of the molecule is C(=Nc1nncs1)C1=C(c2ccccc2)SC(c2ccccc2)C(Cc2ccccc2)=C1. The van der Waals surface area contributed by atoms with Crippen LogP contribution < -0.4 is 0 Å². The smallest absolute Gasteiger partial charge is 0.226 e. The molecular weight excluding hydrogens is 430 g/mol. The van der Waals surface area contributed by atoms with Crippen molar-refractivity contribution in [3.8, 4) is 0 Å². The highest BCUT2D eigenvalue weighted by molar-refractivity contribution is 8.08. The number of nitrogens with zero attached hydrogens (tertiary/aromatic N) is 3. The van der Waals surface area contributed by atoms with Crippen LogP contribution in [0, 0.1) is 0 Å². The Balaban J connectivity index is 1.61. The Hall–Kier alpha value is -3.28. The van der Waals surface area contributed by atoms with Crippen LogP contribution in [0.15, 0.2) is 119 Å². The number of benzene rings is 3. The van der Waals surface area contributed by atoms with Crippen LogP contribution in [0.4, 0.5) is 5.13 Å². The highest BCUT2D eigenvalue weighted by Gasteiger charge is 2.26. The maximum Gasteiger partial charge on any atom is 0.231 e. The van der Waals surface area contributed by atoms with E-state index >= 15 is 0 Å². The number of thioether (sulfide) groups is 1. The van der Waals surface area contributed by atoms with Crippen LogP contribution in [0.2, 0.25) is 0 Å². The predicted molar refractivity (Wildman–Crippen MR) is 136 cm³/mol. The lowest BCUT2D eigenvalue weighted by Gasteiger charge is -2.28. The van der Waals surface area contributed by atoms with E-state index in [0.717, 1.165) is 12.0 Å². The second-order valence-electron chi connectivity index (χ2n) is 7.42.